The number of ether oxygens (including phenoxy) is 3. The molecule has 1 aromatic carbocycles. The molecule has 0 radical (unpaired) electrons. The van der Waals surface area contributed by atoms with Gasteiger partial charge in [-0.15, -0.1) is 0 Å². The zero-order chi connectivity index (χ0) is 13.8. The van der Waals surface area contributed by atoms with Gasteiger partial charge in [0, 0.05) is 6.04 Å². The minimum atomic E-state index is -0.409. The summed E-state index contributed by atoms with van der Waals surface area (Å²) < 4.78 is 15.9. The van der Waals surface area contributed by atoms with Crippen molar-refractivity contribution in [2.45, 2.75) is 19.1 Å². The molecule has 2 atom stereocenters. The highest BCUT2D eigenvalue weighted by Crippen LogP contribution is 2.30. The van der Waals surface area contributed by atoms with Crippen molar-refractivity contribution in [2.75, 3.05) is 20.3 Å². The fourth-order valence-electron chi connectivity index (χ4n) is 1.79. The second kappa shape index (κ2) is 5.79. The lowest BCUT2D eigenvalue weighted by Gasteiger charge is -2.15. The van der Waals surface area contributed by atoms with Gasteiger partial charge in [0.2, 0.25) is 0 Å². The van der Waals surface area contributed by atoms with Crippen LogP contribution in [-0.2, 0) is 4.74 Å². The SMILES string of the molecule is COc1cc(C(C)N)ccc1OCC1CNC(=O)O1. The van der Waals surface area contributed by atoms with E-state index in [0.29, 0.717) is 18.0 Å². The number of hydrogen-bond donors (Lipinski definition) is 2. The third-order valence-corrected chi connectivity index (χ3v) is 2.89. The summed E-state index contributed by atoms with van der Waals surface area (Å²) in [7, 11) is 1.57. The molecule has 1 heterocycles. The van der Waals surface area contributed by atoms with Gasteiger partial charge in [0.1, 0.15) is 6.61 Å². The zero-order valence-electron chi connectivity index (χ0n) is 11.0. The fraction of sp³-hybridized carbons (Fsp3) is 0.462. The van der Waals surface area contributed by atoms with Crippen LogP contribution in [0.2, 0.25) is 0 Å². The van der Waals surface area contributed by atoms with Crippen molar-refractivity contribution in [1.29, 1.82) is 0 Å². The highest BCUT2D eigenvalue weighted by molar-refractivity contribution is 5.69. The average molecular weight is 266 g/mol. The lowest BCUT2D eigenvalue weighted by Crippen LogP contribution is -2.22. The lowest BCUT2D eigenvalue weighted by molar-refractivity contribution is 0.103. The van der Waals surface area contributed by atoms with Gasteiger partial charge in [-0.1, -0.05) is 6.07 Å². The molecule has 1 aromatic rings. The van der Waals surface area contributed by atoms with Gasteiger partial charge in [0.15, 0.2) is 17.6 Å². The topological polar surface area (TPSA) is 82.8 Å². The number of carbonyl (C=O) groups is 1. The van der Waals surface area contributed by atoms with Gasteiger partial charge in [-0.3, -0.25) is 0 Å². The van der Waals surface area contributed by atoms with Gasteiger partial charge in [-0.2, -0.15) is 0 Å². The van der Waals surface area contributed by atoms with Crippen LogP contribution in [0.4, 0.5) is 4.79 Å². The van der Waals surface area contributed by atoms with Crippen LogP contribution in [0.5, 0.6) is 11.5 Å². The number of alkyl carbamates (subject to hydrolysis) is 1. The van der Waals surface area contributed by atoms with Gasteiger partial charge in [-0.25, -0.2) is 4.79 Å². The molecule has 1 aliphatic heterocycles. The van der Waals surface area contributed by atoms with Gasteiger partial charge in [0.25, 0.3) is 0 Å². The molecule has 0 spiro atoms. The Morgan fingerprint density at radius 1 is 1.53 bits per heavy atom. The molecule has 0 aromatic heterocycles. The van der Waals surface area contributed by atoms with Crippen molar-refractivity contribution in [3.05, 3.63) is 23.8 Å². The third-order valence-electron chi connectivity index (χ3n) is 2.89. The molecule has 0 aliphatic carbocycles. The predicted octanol–water partition coefficient (Wildman–Crippen LogP) is 1.20. The highest BCUT2D eigenvalue weighted by atomic mass is 16.6. The summed E-state index contributed by atoms with van der Waals surface area (Å²) in [4.78, 5) is 10.9. The molecule has 1 amide bonds. The van der Waals surface area contributed by atoms with E-state index in [1.54, 1.807) is 7.11 Å². The molecule has 1 saturated heterocycles. The van der Waals surface area contributed by atoms with Crippen molar-refractivity contribution in [3.8, 4) is 11.5 Å². The van der Waals surface area contributed by atoms with E-state index in [-0.39, 0.29) is 18.8 Å². The number of cyclic esters (lactones) is 1. The number of nitrogens with two attached hydrogens (primary N) is 1. The van der Waals surface area contributed by atoms with Gasteiger partial charge in [0.05, 0.1) is 13.7 Å². The monoisotopic (exact) mass is 266 g/mol. The first-order chi connectivity index (χ1) is 9.10. The van der Waals surface area contributed by atoms with Crippen LogP contribution >= 0.6 is 0 Å². The Hall–Kier alpha value is -1.95. The Morgan fingerprint density at radius 2 is 2.32 bits per heavy atom. The van der Waals surface area contributed by atoms with Gasteiger partial charge >= 0.3 is 6.09 Å². The number of hydrogen-bond acceptors (Lipinski definition) is 5. The first-order valence-electron chi connectivity index (χ1n) is 6.11. The molecular weight excluding hydrogens is 248 g/mol. The van der Waals surface area contributed by atoms with E-state index in [1.165, 1.54) is 0 Å². The summed E-state index contributed by atoms with van der Waals surface area (Å²) >= 11 is 0. The van der Waals surface area contributed by atoms with Crippen LogP contribution < -0.4 is 20.5 Å². The number of carbonyl (C=O) groups excluding carboxylic acids is 1. The molecule has 6 heteroatoms. The Balaban J connectivity index is 2.01. The van der Waals surface area contributed by atoms with E-state index in [2.05, 4.69) is 5.32 Å². The number of benzene rings is 1. The Labute approximate surface area is 111 Å². The van der Waals surface area contributed by atoms with E-state index in [4.69, 9.17) is 19.9 Å². The van der Waals surface area contributed by atoms with E-state index in [1.807, 2.05) is 25.1 Å². The molecule has 2 unspecified atom stereocenters. The maximum Gasteiger partial charge on any atom is 0.407 e. The normalized spacial score (nSPS) is 19.5. The molecule has 19 heavy (non-hydrogen) atoms. The van der Waals surface area contributed by atoms with E-state index >= 15 is 0 Å². The van der Waals surface area contributed by atoms with Gasteiger partial charge in [-0.05, 0) is 24.6 Å². The minimum absolute atomic E-state index is 0.0667. The Bertz CT molecular complexity index is 462. The summed E-state index contributed by atoms with van der Waals surface area (Å²) in [5.41, 5.74) is 6.78. The fourth-order valence-corrected chi connectivity index (χ4v) is 1.79. The summed E-state index contributed by atoms with van der Waals surface area (Å²) in [6.07, 6.45) is -0.682. The molecular formula is C13H18N2O4. The molecule has 104 valence electrons. The predicted molar refractivity (Wildman–Crippen MR) is 69.4 cm³/mol. The summed E-state index contributed by atoms with van der Waals surface area (Å²) in [5.74, 6) is 1.22. The van der Waals surface area contributed by atoms with Crippen LogP contribution in [0, 0.1) is 0 Å². The van der Waals surface area contributed by atoms with E-state index in [9.17, 15) is 4.79 Å². The number of methoxy groups -OCH3 is 1. The van der Waals surface area contributed by atoms with Crippen LogP contribution in [0.1, 0.15) is 18.5 Å². The lowest BCUT2D eigenvalue weighted by atomic mass is 10.1. The number of rotatable bonds is 5. The van der Waals surface area contributed by atoms with Crippen LogP contribution in [0.15, 0.2) is 18.2 Å². The number of nitrogens with one attached hydrogen (secondary N) is 1. The van der Waals surface area contributed by atoms with Crippen molar-refractivity contribution in [3.63, 3.8) is 0 Å². The Morgan fingerprint density at radius 3 is 2.89 bits per heavy atom. The third kappa shape index (κ3) is 3.29. The summed E-state index contributed by atoms with van der Waals surface area (Å²) in [6.45, 7) is 2.64. The van der Waals surface area contributed by atoms with Crippen molar-refractivity contribution >= 4 is 6.09 Å². The van der Waals surface area contributed by atoms with E-state index < -0.39 is 6.09 Å². The van der Waals surface area contributed by atoms with Crippen LogP contribution in [0.3, 0.4) is 0 Å². The average Bonchev–Trinajstić information content (AvgIpc) is 2.81. The maximum atomic E-state index is 10.9. The second-order valence-electron chi connectivity index (χ2n) is 4.42. The molecule has 1 fully saturated rings. The molecule has 0 saturated carbocycles. The summed E-state index contributed by atoms with van der Waals surface area (Å²) in [6, 6.07) is 5.48. The molecule has 2 rings (SSSR count). The van der Waals surface area contributed by atoms with Crippen LogP contribution in [0.25, 0.3) is 0 Å². The largest absolute Gasteiger partial charge is 0.493 e. The maximum absolute atomic E-state index is 10.9. The molecule has 0 bridgehead atoms. The Kier molecular flexibility index (Phi) is 4.11. The minimum Gasteiger partial charge on any atom is -0.493 e. The van der Waals surface area contributed by atoms with Gasteiger partial charge < -0.3 is 25.3 Å². The van der Waals surface area contributed by atoms with Crippen LogP contribution in [-0.4, -0.2) is 32.5 Å². The quantitative estimate of drug-likeness (QED) is 0.836. The first kappa shape index (κ1) is 13.5. The standard InChI is InChI=1S/C13H18N2O4/c1-8(14)9-3-4-11(12(5-9)17-2)18-7-10-6-15-13(16)19-10/h3-5,8,10H,6-7,14H2,1-2H3,(H,15,16). The molecule has 3 N–H and O–H groups in total. The first-order valence-corrected chi connectivity index (χ1v) is 6.11. The zero-order valence-corrected chi connectivity index (χ0v) is 11.0. The second-order valence-corrected chi connectivity index (χ2v) is 4.42. The van der Waals surface area contributed by atoms with Crippen molar-refractivity contribution in [2.24, 2.45) is 5.73 Å². The molecule has 1 aliphatic rings. The summed E-state index contributed by atoms with van der Waals surface area (Å²) in [5, 5.41) is 2.57. The highest BCUT2D eigenvalue weighted by Gasteiger charge is 2.23. The van der Waals surface area contributed by atoms with Crippen molar-refractivity contribution < 1.29 is 19.0 Å². The smallest absolute Gasteiger partial charge is 0.407 e. The number of amides is 1. The van der Waals surface area contributed by atoms with Crippen molar-refractivity contribution in [1.82, 2.24) is 5.32 Å². The van der Waals surface area contributed by atoms with E-state index in [0.717, 1.165) is 5.56 Å². The molecule has 6 nitrogen and oxygen atoms in total.